The molecule has 1 aliphatic heterocycles. The molecule has 0 saturated heterocycles. The van der Waals surface area contributed by atoms with E-state index in [1.807, 2.05) is 36.4 Å². The van der Waals surface area contributed by atoms with Crippen LogP contribution in [0.5, 0.6) is 5.88 Å². The van der Waals surface area contributed by atoms with E-state index in [0.717, 1.165) is 69.4 Å². The monoisotopic (exact) mass is 697 g/mol. The van der Waals surface area contributed by atoms with Gasteiger partial charge in [0.2, 0.25) is 5.88 Å². The van der Waals surface area contributed by atoms with Crippen molar-refractivity contribution in [3.63, 3.8) is 0 Å². The lowest BCUT2D eigenvalue weighted by molar-refractivity contribution is -0.219. The topological polar surface area (TPSA) is 118 Å². The summed E-state index contributed by atoms with van der Waals surface area (Å²) >= 11 is 1.28. The summed E-state index contributed by atoms with van der Waals surface area (Å²) in [6.45, 7) is 6.41. The first kappa shape index (κ1) is 36.0. The fraction of sp³-hybridized carbons (Fsp3) is 0.457. The number of alkyl halides is 3. The number of aryl methyl sites for hydroxylation is 1. The molecule has 0 atom stereocenters. The summed E-state index contributed by atoms with van der Waals surface area (Å²) in [7, 11) is 0. The average molecular weight is 698 g/mol. The zero-order valence-corrected chi connectivity index (χ0v) is 28.9. The maximum Gasteiger partial charge on any atom is 0.397 e. The highest BCUT2D eigenvalue weighted by Gasteiger charge is 2.48. The fourth-order valence-corrected chi connectivity index (χ4v) is 5.76. The highest BCUT2D eigenvalue weighted by molar-refractivity contribution is 8.00. The van der Waals surface area contributed by atoms with Crippen LogP contribution in [-0.2, 0) is 11.2 Å². The molecule has 49 heavy (non-hydrogen) atoms. The van der Waals surface area contributed by atoms with Crippen LogP contribution in [0.3, 0.4) is 0 Å². The number of nitrogens with one attached hydrogen (secondary N) is 1. The summed E-state index contributed by atoms with van der Waals surface area (Å²) < 4.78 is 50.4. The highest BCUT2D eigenvalue weighted by Crippen LogP contribution is 2.38. The summed E-state index contributed by atoms with van der Waals surface area (Å²) in [6.07, 6.45) is 3.92. The van der Waals surface area contributed by atoms with Gasteiger partial charge in [0, 0.05) is 42.9 Å². The van der Waals surface area contributed by atoms with E-state index in [1.54, 1.807) is 26.2 Å². The Morgan fingerprint density at radius 3 is 2.55 bits per heavy atom. The van der Waals surface area contributed by atoms with E-state index in [1.165, 1.54) is 22.7 Å². The summed E-state index contributed by atoms with van der Waals surface area (Å²) in [5, 5.41) is 14.8. The number of carboxylic acids is 1. The van der Waals surface area contributed by atoms with Crippen LogP contribution in [0.1, 0.15) is 65.4 Å². The largest absolute Gasteiger partial charge is 0.481 e. The van der Waals surface area contributed by atoms with E-state index in [2.05, 4.69) is 20.8 Å². The molecule has 4 heterocycles. The molecular weight excluding hydrogens is 655 g/mol. The molecule has 0 unspecified atom stereocenters. The second kappa shape index (κ2) is 15.1. The normalized spacial score (nSPS) is 14.8. The number of pyridine rings is 1. The van der Waals surface area contributed by atoms with Crippen LogP contribution >= 0.6 is 11.9 Å². The number of benzene rings is 1. The van der Waals surface area contributed by atoms with Gasteiger partial charge in [-0.15, -0.1) is 5.10 Å². The summed E-state index contributed by atoms with van der Waals surface area (Å²) in [5.74, 6) is 0.893. The van der Waals surface area contributed by atoms with Gasteiger partial charge in [0.1, 0.15) is 23.1 Å². The maximum atomic E-state index is 13.4. The average Bonchev–Trinajstić information content (AvgIpc) is 3.54. The lowest BCUT2D eigenvalue weighted by atomic mass is 9.89. The van der Waals surface area contributed by atoms with Crippen molar-refractivity contribution in [2.75, 3.05) is 29.3 Å². The minimum absolute atomic E-state index is 0.0492. The molecule has 0 aliphatic carbocycles. The summed E-state index contributed by atoms with van der Waals surface area (Å²) in [6, 6.07) is 15.3. The number of nitrogens with zero attached hydrogens (tertiary/aromatic N) is 6. The van der Waals surface area contributed by atoms with Gasteiger partial charge in [-0.05, 0) is 71.1 Å². The van der Waals surface area contributed by atoms with Crippen molar-refractivity contribution in [2.24, 2.45) is 10.8 Å². The number of halogens is 3. The van der Waals surface area contributed by atoms with Gasteiger partial charge >= 0.3 is 12.1 Å². The van der Waals surface area contributed by atoms with E-state index in [4.69, 9.17) is 19.7 Å². The number of anilines is 2. The number of rotatable bonds is 8. The van der Waals surface area contributed by atoms with Crippen LogP contribution in [0.4, 0.5) is 24.8 Å². The molecular formula is C35H42F3N7O3S. The summed E-state index contributed by atoms with van der Waals surface area (Å²) in [4.78, 5) is 28.5. The molecule has 0 spiro atoms. The van der Waals surface area contributed by atoms with Crippen molar-refractivity contribution >= 4 is 29.6 Å². The first-order valence-electron chi connectivity index (χ1n) is 16.3. The Hall–Kier alpha value is -4.33. The highest BCUT2D eigenvalue weighted by atomic mass is 32.2. The van der Waals surface area contributed by atoms with Gasteiger partial charge in [-0.2, -0.15) is 13.2 Å². The van der Waals surface area contributed by atoms with Crippen molar-refractivity contribution in [3.05, 3.63) is 66.5 Å². The molecule has 0 radical (unpaired) electrons. The standard InChI is InChI=1S/C35H42F3N7O3S/c1-33(2,32(46)47)18-21-44-19-10-6-5-7-12-24-13-8-9-14-25(24)30-31(39-22-26(40-30)43-49-29-16-11-15-27(44)41-29)45-20-17-28(42-45)48-23-34(3,4)35(36,37)38/h8-9,11,13-17,20,22H,5-7,10,12,18-19,21,23H2,1-4H3,(H,40,43)(H,46,47). The number of ether oxygens (including phenoxy) is 1. The number of aromatic nitrogens is 5. The van der Waals surface area contributed by atoms with Gasteiger partial charge in [-0.25, -0.2) is 19.6 Å². The number of aliphatic carboxylic acids is 1. The Labute approximate surface area is 288 Å². The van der Waals surface area contributed by atoms with E-state index in [0.29, 0.717) is 35.3 Å². The number of fused-ring (bicyclic) bond motifs is 6. The number of carboxylic acid groups (broad SMARTS) is 1. The minimum Gasteiger partial charge on any atom is -0.481 e. The summed E-state index contributed by atoms with van der Waals surface area (Å²) in [5.41, 5.74) is -0.369. The van der Waals surface area contributed by atoms with Crippen molar-refractivity contribution in [2.45, 2.75) is 77.4 Å². The quantitative estimate of drug-likeness (QED) is 0.174. The van der Waals surface area contributed by atoms with Gasteiger partial charge in [-0.3, -0.25) is 4.79 Å². The maximum absolute atomic E-state index is 13.4. The first-order valence-corrected chi connectivity index (χ1v) is 17.1. The zero-order chi connectivity index (χ0) is 35.2. The molecule has 14 heteroatoms. The van der Waals surface area contributed by atoms with Crippen molar-refractivity contribution in [1.82, 2.24) is 24.7 Å². The molecule has 0 fully saturated rings. The number of hydrogen-bond donors (Lipinski definition) is 2. The van der Waals surface area contributed by atoms with Crippen LogP contribution in [0.15, 0.2) is 66.0 Å². The van der Waals surface area contributed by atoms with Gasteiger partial charge in [0.25, 0.3) is 0 Å². The van der Waals surface area contributed by atoms with Gasteiger partial charge in [-0.1, -0.05) is 43.2 Å². The Balaban J connectivity index is 1.45. The third-order valence-corrected chi connectivity index (χ3v) is 9.41. The van der Waals surface area contributed by atoms with Crippen LogP contribution in [0.25, 0.3) is 17.1 Å². The van der Waals surface area contributed by atoms with Gasteiger partial charge < -0.3 is 19.5 Å². The van der Waals surface area contributed by atoms with Crippen LogP contribution in [0.2, 0.25) is 0 Å². The molecule has 10 nitrogen and oxygen atoms in total. The van der Waals surface area contributed by atoms with E-state index >= 15 is 0 Å². The fourth-order valence-electron chi connectivity index (χ4n) is 5.16. The molecule has 1 aromatic carbocycles. The lowest BCUT2D eigenvalue weighted by Crippen LogP contribution is -2.37. The molecule has 1 aliphatic rings. The molecule has 0 amide bonds. The Bertz CT molecular complexity index is 1750. The van der Waals surface area contributed by atoms with Crippen LogP contribution in [0, 0.1) is 10.8 Å². The first-order chi connectivity index (χ1) is 23.2. The van der Waals surface area contributed by atoms with E-state index in [9.17, 15) is 23.1 Å². The Morgan fingerprint density at radius 1 is 1.00 bits per heavy atom. The molecule has 2 N–H and O–H groups in total. The minimum atomic E-state index is -4.42. The molecule has 3 aromatic heterocycles. The predicted octanol–water partition coefficient (Wildman–Crippen LogP) is 8.23. The van der Waals surface area contributed by atoms with Crippen molar-refractivity contribution in [1.29, 1.82) is 0 Å². The van der Waals surface area contributed by atoms with Gasteiger partial charge in [0.15, 0.2) is 11.6 Å². The SMILES string of the molecule is CC(C)(CCN1CCCCCCc2ccccc2-c2nc(cnc2-n2ccc(OCC(C)(C)C(F)(F)F)n2)NSc2cccc1n2)C(=O)O. The predicted molar refractivity (Wildman–Crippen MR) is 184 cm³/mol. The second-order valence-electron chi connectivity index (χ2n) is 13.5. The molecule has 0 saturated carbocycles. The van der Waals surface area contributed by atoms with Crippen LogP contribution < -0.4 is 14.4 Å². The Morgan fingerprint density at radius 2 is 1.78 bits per heavy atom. The molecule has 262 valence electrons. The Kier molecular flexibility index (Phi) is 11.1. The van der Waals surface area contributed by atoms with E-state index in [-0.39, 0.29) is 5.88 Å². The molecule has 5 rings (SSSR count). The zero-order valence-electron chi connectivity index (χ0n) is 28.1. The number of carbonyl (C=O) groups is 1. The second-order valence-corrected chi connectivity index (χ2v) is 14.3. The molecule has 4 aromatic rings. The number of hydrogen-bond acceptors (Lipinski definition) is 9. The smallest absolute Gasteiger partial charge is 0.397 e. The third-order valence-electron chi connectivity index (χ3n) is 8.66. The van der Waals surface area contributed by atoms with Crippen molar-refractivity contribution in [3.8, 4) is 23.0 Å². The van der Waals surface area contributed by atoms with Gasteiger partial charge in [0.05, 0.1) is 17.0 Å². The van der Waals surface area contributed by atoms with E-state index < -0.39 is 29.6 Å². The van der Waals surface area contributed by atoms with Crippen molar-refractivity contribution < 1.29 is 27.8 Å². The lowest BCUT2D eigenvalue weighted by Gasteiger charge is -2.28. The van der Waals surface area contributed by atoms with Crippen LogP contribution in [-0.4, -0.2) is 61.7 Å². The third kappa shape index (κ3) is 9.02. The molecule has 4 bridgehead atoms.